The third kappa shape index (κ3) is 2.61. The van der Waals surface area contributed by atoms with E-state index < -0.39 is 0 Å². The molecule has 3 nitrogen and oxygen atoms in total. The van der Waals surface area contributed by atoms with Gasteiger partial charge in [0.05, 0.1) is 6.17 Å². The monoisotopic (exact) mass is 218 g/mol. The Morgan fingerprint density at radius 1 is 1.25 bits per heavy atom. The molecule has 1 fully saturated rings. The summed E-state index contributed by atoms with van der Waals surface area (Å²) in [5, 5.41) is 2.88. The number of amides is 1. The maximum absolute atomic E-state index is 11.8. The predicted octanol–water partition coefficient (Wildman–Crippen LogP) is 1.89. The minimum absolute atomic E-state index is 0.0694. The van der Waals surface area contributed by atoms with Crippen LogP contribution < -0.4 is 11.1 Å². The van der Waals surface area contributed by atoms with Crippen LogP contribution >= 0.6 is 0 Å². The Kier molecular flexibility index (Phi) is 3.57. The first-order valence-electron chi connectivity index (χ1n) is 5.89. The fourth-order valence-electron chi connectivity index (χ4n) is 2.26. The van der Waals surface area contributed by atoms with Crippen molar-refractivity contribution in [3.63, 3.8) is 0 Å². The van der Waals surface area contributed by atoms with Crippen molar-refractivity contribution in [2.75, 3.05) is 0 Å². The molecule has 86 valence electrons. The summed E-state index contributed by atoms with van der Waals surface area (Å²) in [4.78, 5) is 11.8. The number of carbonyl (C=O) groups is 1. The number of rotatable bonds is 3. The van der Waals surface area contributed by atoms with Gasteiger partial charge in [0.25, 0.3) is 5.91 Å². The molecule has 0 radical (unpaired) electrons. The Hall–Kier alpha value is -1.35. The third-order valence-electron chi connectivity index (χ3n) is 3.24. The van der Waals surface area contributed by atoms with E-state index in [9.17, 15) is 4.79 Å². The molecule has 1 saturated carbocycles. The Balaban J connectivity index is 1.92. The molecule has 1 aliphatic rings. The van der Waals surface area contributed by atoms with Gasteiger partial charge in [0, 0.05) is 5.56 Å². The number of nitrogens with two attached hydrogens (primary N) is 1. The molecule has 1 unspecified atom stereocenters. The zero-order chi connectivity index (χ0) is 11.4. The van der Waals surface area contributed by atoms with Gasteiger partial charge in [0.1, 0.15) is 0 Å². The Morgan fingerprint density at radius 2 is 1.88 bits per heavy atom. The van der Waals surface area contributed by atoms with E-state index >= 15 is 0 Å². The first kappa shape index (κ1) is 11.1. The van der Waals surface area contributed by atoms with Crippen LogP contribution in [0.25, 0.3) is 0 Å². The van der Waals surface area contributed by atoms with Crippen molar-refractivity contribution in [2.45, 2.75) is 31.8 Å². The van der Waals surface area contributed by atoms with Crippen molar-refractivity contribution in [3.8, 4) is 0 Å². The highest BCUT2D eigenvalue weighted by molar-refractivity contribution is 5.94. The maximum atomic E-state index is 11.8. The van der Waals surface area contributed by atoms with Crippen LogP contribution in [0.2, 0.25) is 0 Å². The molecular formula is C13H18N2O. The van der Waals surface area contributed by atoms with E-state index in [1.807, 2.05) is 18.2 Å². The first-order chi connectivity index (χ1) is 7.77. The molecule has 0 spiro atoms. The molecule has 2 rings (SSSR count). The van der Waals surface area contributed by atoms with Gasteiger partial charge in [-0.2, -0.15) is 0 Å². The zero-order valence-corrected chi connectivity index (χ0v) is 9.36. The molecule has 1 amide bonds. The Morgan fingerprint density at radius 3 is 2.50 bits per heavy atom. The predicted molar refractivity (Wildman–Crippen MR) is 63.8 cm³/mol. The van der Waals surface area contributed by atoms with E-state index in [1.165, 1.54) is 12.8 Å². The van der Waals surface area contributed by atoms with Crippen LogP contribution in [0.3, 0.4) is 0 Å². The molecule has 1 aromatic rings. The van der Waals surface area contributed by atoms with Gasteiger partial charge in [-0.1, -0.05) is 31.0 Å². The lowest BCUT2D eigenvalue weighted by Gasteiger charge is -2.20. The lowest BCUT2D eigenvalue weighted by Crippen LogP contribution is -2.46. The number of benzene rings is 1. The van der Waals surface area contributed by atoms with E-state index in [4.69, 9.17) is 5.73 Å². The normalized spacial score (nSPS) is 18.3. The SMILES string of the molecule is NC(NC(=O)c1ccccc1)C1CCCC1. The van der Waals surface area contributed by atoms with Crippen molar-refractivity contribution >= 4 is 5.91 Å². The number of nitrogens with one attached hydrogen (secondary N) is 1. The average molecular weight is 218 g/mol. The topological polar surface area (TPSA) is 55.1 Å². The van der Waals surface area contributed by atoms with Crippen molar-refractivity contribution in [1.29, 1.82) is 0 Å². The van der Waals surface area contributed by atoms with Gasteiger partial charge in [0.15, 0.2) is 0 Å². The highest BCUT2D eigenvalue weighted by Gasteiger charge is 2.23. The van der Waals surface area contributed by atoms with Crippen molar-refractivity contribution in [3.05, 3.63) is 35.9 Å². The van der Waals surface area contributed by atoms with Gasteiger partial charge < -0.3 is 11.1 Å². The van der Waals surface area contributed by atoms with E-state index in [-0.39, 0.29) is 12.1 Å². The van der Waals surface area contributed by atoms with Crippen LogP contribution in [0.5, 0.6) is 0 Å². The standard InChI is InChI=1S/C13H18N2O/c14-12(10-6-4-5-7-10)15-13(16)11-8-2-1-3-9-11/h1-3,8-10,12H,4-7,14H2,(H,15,16). The van der Waals surface area contributed by atoms with Crippen molar-refractivity contribution < 1.29 is 4.79 Å². The van der Waals surface area contributed by atoms with Gasteiger partial charge in [-0.3, -0.25) is 4.79 Å². The van der Waals surface area contributed by atoms with Crippen LogP contribution in [0, 0.1) is 5.92 Å². The second-order valence-electron chi connectivity index (χ2n) is 4.41. The summed E-state index contributed by atoms with van der Waals surface area (Å²) in [7, 11) is 0. The molecule has 0 saturated heterocycles. The summed E-state index contributed by atoms with van der Waals surface area (Å²) in [5.74, 6) is 0.382. The summed E-state index contributed by atoms with van der Waals surface area (Å²) in [6.45, 7) is 0. The minimum atomic E-state index is -0.199. The largest absolute Gasteiger partial charge is 0.337 e. The second kappa shape index (κ2) is 5.12. The lowest BCUT2D eigenvalue weighted by atomic mass is 10.0. The molecule has 16 heavy (non-hydrogen) atoms. The van der Waals surface area contributed by atoms with E-state index in [0.29, 0.717) is 11.5 Å². The van der Waals surface area contributed by atoms with Crippen LogP contribution in [0.4, 0.5) is 0 Å². The molecule has 0 heterocycles. The maximum Gasteiger partial charge on any atom is 0.252 e. The van der Waals surface area contributed by atoms with E-state index in [0.717, 1.165) is 12.8 Å². The molecule has 0 bridgehead atoms. The van der Waals surface area contributed by atoms with Gasteiger partial charge >= 0.3 is 0 Å². The molecule has 0 aliphatic heterocycles. The van der Waals surface area contributed by atoms with Gasteiger partial charge in [0.2, 0.25) is 0 Å². The van der Waals surface area contributed by atoms with Crippen molar-refractivity contribution in [2.24, 2.45) is 11.7 Å². The Bertz CT molecular complexity index is 344. The summed E-state index contributed by atoms with van der Waals surface area (Å²) in [6.07, 6.45) is 4.54. The highest BCUT2D eigenvalue weighted by Crippen LogP contribution is 2.25. The Labute approximate surface area is 96.0 Å². The highest BCUT2D eigenvalue weighted by atomic mass is 16.1. The molecule has 3 heteroatoms. The second-order valence-corrected chi connectivity index (χ2v) is 4.41. The minimum Gasteiger partial charge on any atom is -0.337 e. The zero-order valence-electron chi connectivity index (χ0n) is 9.36. The van der Waals surface area contributed by atoms with Crippen LogP contribution in [0.1, 0.15) is 36.0 Å². The molecule has 0 aromatic heterocycles. The summed E-state index contributed by atoms with van der Waals surface area (Å²) >= 11 is 0. The van der Waals surface area contributed by atoms with Crippen LogP contribution in [0.15, 0.2) is 30.3 Å². The lowest BCUT2D eigenvalue weighted by molar-refractivity contribution is 0.0924. The molecule has 1 atom stereocenters. The van der Waals surface area contributed by atoms with Gasteiger partial charge in [-0.05, 0) is 30.9 Å². The average Bonchev–Trinajstić information content (AvgIpc) is 2.83. The molecular weight excluding hydrogens is 200 g/mol. The first-order valence-corrected chi connectivity index (χ1v) is 5.89. The summed E-state index contributed by atoms with van der Waals surface area (Å²) in [6, 6.07) is 9.22. The molecule has 1 aromatic carbocycles. The smallest absolute Gasteiger partial charge is 0.252 e. The van der Waals surface area contributed by atoms with E-state index in [2.05, 4.69) is 5.32 Å². The van der Waals surface area contributed by atoms with Crippen LogP contribution in [-0.2, 0) is 0 Å². The quantitative estimate of drug-likeness (QED) is 0.761. The number of carbonyl (C=O) groups excluding carboxylic acids is 1. The fourth-order valence-corrected chi connectivity index (χ4v) is 2.26. The summed E-state index contributed by atoms with van der Waals surface area (Å²) in [5.41, 5.74) is 6.66. The molecule has 1 aliphatic carbocycles. The van der Waals surface area contributed by atoms with E-state index in [1.54, 1.807) is 12.1 Å². The molecule has 3 N–H and O–H groups in total. The fraction of sp³-hybridized carbons (Fsp3) is 0.462. The van der Waals surface area contributed by atoms with Gasteiger partial charge in [-0.25, -0.2) is 0 Å². The van der Waals surface area contributed by atoms with Gasteiger partial charge in [-0.15, -0.1) is 0 Å². The van der Waals surface area contributed by atoms with Crippen LogP contribution in [-0.4, -0.2) is 12.1 Å². The number of hydrogen-bond acceptors (Lipinski definition) is 2. The van der Waals surface area contributed by atoms with Crippen molar-refractivity contribution in [1.82, 2.24) is 5.32 Å². The third-order valence-corrected chi connectivity index (χ3v) is 3.24. The number of hydrogen-bond donors (Lipinski definition) is 2. The summed E-state index contributed by atoms with van der Waals surface area (Å²) < 4.78 is 0.